The molecule has 1 aliphatic rings. The van der Waals surface area contributed by atoms with Gasteiger partial charge >= 0.3 is 6.03 Å². The molecule has 2 aromatic carbocycles. The van der Waals surface area contributed by atoms with Crippen LogP contribution in [-0.2, 0) is 5.54 Å². The molecule has 3 rings (SSSR count). The summed E-state index contributed by atoms with van der Waals surface area (Å²) in [6.45, 7) is 0. The molecule has 1 fully saturated rings. The molecule has 0 aliphatic heterocycles. The van der Waals surface area contributed by atoms with Crippen molar-refractivity contribution in [3.8, 4) is 0 Å². The number of hydrogen-bond donors (Lipinski definition) is 3. The van der Waals surface area contributed by atoms with Gasteiger partial charge in [-0.05, 0) is 49.1 Å². The van der Waals surface area contributed by atoms with Crippen LogP contribution < -0.4 is 16.4 Å². The van der Waals surface area contributed by atoms with E-state index in [1.54, 1.807) is 24.3 Å². The lowest BCUT2D eigenvalue weighted by Gasteiger charge is -2.43. The molecule has 5 heteroatoms. The van der Waals surface area contributed by atoms with Gasteiger partial charge in [-0.1, -0.05) is 30.3 Å². The third-order valence-electron chi connectivity index (χ3n) is 4.30. The SMILES string of the molecule is NC(=O)Nc1ccc(C(=O)NC2(c3ccccc3)CCC2)cc1. The molecule has 5 nitrogen and oxygen atoms in total. The Hall–Kier alpha value is -2.82. The zero-order chi connectivity index (χ0) is 16.3. The Labute approximate surface area is 134 Å². The topological polar surface area (TPSA) is 84.2 Å². The highest BCUT2D eigenvalue weighted by molar-refractivity contribution is 5.96. The molecule has 3 amide bonds. The van der Waals surface area contributed by atoms with Crippen LogP contribution in [0, 0.1) is 0 Å². The van der Waals surface area contributed by atoms with Gasteiger partial charge in [-0.3, -0.25) is 4.79 Å². The zero-order valence-electron chi connectivity index (χ0n) is 12.7. The van der Waals surface area contributed by atoms with Crippen molar-refractivity contribution in [1.29, 1.82) is 0 Å². The minimum atomic E-state index is -0.625. The quantitative estimate of drug-likeness (QED) is 0.811. The van der Waals surface area contributed by atoms with E-state index < -0.39 is 6.03 Å². The Morgan fingerprint density at radius 3 is 2.13 bits per heavy atom. The number of hydrogen-bond acceptors (Lipinski definition) is 2. The summed E-state index contributed by atoms with van der Waals surface area (Å²) in [6, 6.07) is 16.1. The number of anilines is 1. The van der Waals surface area contributed by atoms with Crippen molar-refractivity contribution in [3.63, 3.8) is 0 Å². The first-order valence-electron chi connectivity index (χ1n) is 7.64. The molecular formula is C18H19N3O2. The number of carbonyl (C=O) groups is 2. The fourth-order valence-corrected chi connectivity index (χ4v) is 2.91. The molecule has 0 heterocycles. The van der Waals surface area contributed by atoms with E-state index in [2.05, 4.69) is 22.8 Å². The minimum absolute atomic E-state index is 0.112. The predicted octanol–water partition coefficient (Wildman–Crippen LogP) is 2.99. The van der Waals surface area contributed by atoms with Crippen molar-refractivity contribution in [2.45, 2.75) is 24.8 Å². The molecule has 23 heavy (non-hydrogen) atoms. The van der Waals surface area contributed by atoms with E-state index in [-0.39, 0.29) is 11.4 Å². The first-order chi connectivity index (χ1) is 11.1. The van der Waals surface area contributed by atoms with Crippen LogP contribution in [0.5, 0.6) is 0 Å². The van der Waals surface area contributed by atoms with Crippen molar-refractivity contribution >= 4 is 17.6 Å². The molecule has 4 N–H and O–H groups in total. The van der Waals surface area contributed by atoms with E-state index in [0.29, 0.717) is 11.3 Å². The van der Waals surface area contributed by atoms with Crippen LogP contribution in [0.15, 0.2) is 54.6 Å². The Balaban J connectivity index is 1.74. The van der Waals surface area contributed by atoms with Gasteiger partial charge in [0.05, 0.1) is 5.54 Å². The second-order valence-corrected chi connectivity index (χ2v) is 5.82. The zero-order valence-corrected chi connectivity index (χ0v) is 12.7. The fraction of sp³-hybridized carbons (Fsp3) is 0.222. The average molecular weight is 309 g/mol. The Kier molecular flexibility index (Phi) is 4.02. The van der Waals surface area contributed by atoms with E-state index in [9.17, 15) is 9.59 Å². The molecule has 118 valence electrons. The lowest BCUT2D eigenvalue weighted by molar-refractivity contribution is 0.0823. The van der Waals surface area contributed by atoms with Crippen molar-refractivity contribution in [2.24, 2.45) is 5.73 Å². The Morgan fingerprint density at radius 2 is 1.61 bits per heavy atom. The number of benzene rings is 2. The van der Waals surface area contributed by atoms with Crippen molar-refractivity contribution in [3.05, 3.63) is 65.7 Å². The monoisotopic (exact) mass is 309 g/mol. The van der Waals surface area contributed by atoms with Crippen LogP contribution in [0.4, 0.5) is 10.5 Å². The number of nitrogens with one attached hydrogen (secondary N) is 2. The Bertz CT molecular complexity index is 707. The molecule has 2 aromatic rings. The standard InChI is InChI=1S/C18H19N3O2/c19-17(23)20-15-9-7-13(8-10-15)16(22)21-18(11-4-12-18)14-5-2-1-3-6-14/h1-3,5-10H,4,11-12H2,(H,21,22)(H3,19,20,23). The maximum atomic E-state index is 12.5. The van der Waals surface area contributed by atoms with Crippen LogP contribution >= 0.6 is 0 Å². The van der Waals surface area contributed by atoms with Gasteiger partial charge in [-0.2, -0.15) is 0 Å². The third-order valence-corrected chi connectivity index (χ3v) is 4.30. The van der Waals surface area contributed by atoms with Gasteiger partial charge < -0.3 is 16.4 Å². The van der Waals surface area contributed by atoms with Crippen LogP contribution in [0.1, 0.15) is 35.2 Å². The van der Waals surface area contributed by atoms with E-state index >= 15 is 0 Å². The molecule has 0 unspecified atom stereocenters. The van der Waals surface area contributed by atoms with Crippen LogP contribution in [0.3, 0.4) is 0 Å². The summed E-state index contributed by atoms with van der Waals surface area (Å²) in [4.78, 5) is 23.3. The molecule has 0 aromatic heterocycles. The van der Waals surface area contributed by atoms with Gasteiger partial charge in [-0.15, -0.1) is 0 Å². The van der Waals surface area contributed by atoms with Crippen LogP contribution in [0.2, 0.25) is 0 Å². The van der Waals surface area contributed by atoms with E-state index in [4.69, 9.17) is 5.73 Å². The van der Waals surface area contributed by atoms with Crippen molar-refractivity contribution in [2.75, 3.05) is 5.32 Å². The molecule has 0 saturated heterocycles. The summed E-state index contributed by atoms with van der Waals surface area (Å²) < 4.78 is 0. The minimum Gasteiger partial charge on any atom is -0.351 e. The van der Waals surface area contributed by atoms with Gasteiger partial charge in [0.2, 0.25) is 0 Å². The van der Waals surface area contributed by atoms with Gasteiger partial charge in [0.15, 0.2) is 0 Å². The highest BCUT2D eigenvalue weighted by Gasteiger charge is 2.39. The van der Waals surface area contributed by atoms with Crippen molar-refractivity contribution < 1.29 is 9.59 Å². The van der Waals surface area contributed by atoms with E-state index in [0.717, 1.165) is 24.8 Å². The molecular weight excluding hydrogens is 290 g/mol. The normalized spacial score (nSPS) is 15.3. The van der Waals surface area contributed by atoms with E-state index in [1.165, 1.54) is 0 Å². The highest BCUT2D eigenvalue weighted by atomic mass is 16.2. The second kappa shape index (κ2) is 6.12. The first-order valence-corrected chi connectivity index (χ1v) is 7.64. The van der Waals surface area contributed by atoms with Gasteiger partial charge in [0, 0.05) is 11.3 Å². The number of rotatable bonds is 4. The maximum Gasteiger partial charge on any atom is 0.316 e. The highest BCUT2D eigenvalue weighted by Crippen LogP contribution is 2.41. The molecule has 0 radical (unpaired) electrons. The largest absolute Gasteiger partial charge is 0.351 e. The predicted molar refractivity (Wildman–Crippen MR) is 89.1 cm³/mol. The summed E-state index contributed by atoms with van der Waals surface area (Å²) in [5.74, 6) is -0.112. The fourth-order valence-electron chi connectivity index (χ4n) is 2.91. The smallest absolute Gasteiger partial charge is 0.316 e. The summed E-state index contributed by atoms with van der Waals surface area (Å²) in [6.07, 6.45) is 3.00. The molecule has 0 bridgehead atoms. The lowest BCUT2D eigenvalue weighted by Crippen LogP contribution is -2.50. The summed E-state index contributed by atoms with van der Waals surface area (Å²) in [7, 11) is 0. The number of amides is 3. The maximum absolute atomic E-state index is 12.5. The third kappa shape index (κ3) is 3.18. The lowest BCUT2D eigenvalue weighted by atomic mass is 9.71. The van der Waals surface area contributed by atoms with Crippen LogP contribution in [0.25, 0.3) is 0 Å². The van der Waals surface area contributed by atoms with E-state index in [1.807, 2.05) is 18.2 Å². The average Bonchev–Trinajstić information content (AvgIpc) is 2.51. The number of primary amides is 1. The molecule has 0 spiro atoms. The number of urea groups is 1. The van der Waals surface area contributed by atoms with Crippen molar-refractivity contribution in [1.82, 2.24) is 5.32 Å². The summed E-state index contributed by atoms with van der Waals surface area (Å²) in [5.41, 5.74) is 7.07. The first kappa shape index (κ1) is 15.1. The van der Waals surface area contributed by atoms with Crippen LogP contribution in [-0.4, -0.2) is 11.9 Å². The summed E-state index contributed by atoms with van der Waals surface area (Å²) >= 11 is 0. The molecule has 1 saturated carbocycles. The second-order valence-electron chi connectivity index (χ2n) is 5.82. The number of carbonyl (C=O) groups excluding carboxylic acids is 2. The van der Waals surface area contributed by atoms with Gasteiger partial charge in [0.25, 0.3) is 5.91 Å². The molecule has 0 atom stereocenters. The number of nitrogens with two attached hydrogens (primary N) is 1. The molecule has 1 aliphatic carbocycles. The Morgan fingerprint density at radius 1 is 0.957 bits per heavy atom. The van der Waals surface area contributed by atoms with Gasteiger partial charge in [-0.25, -0.2) is 4.79 Å². The van der Waals surface area contributed by atoms with Gasteiger partial charge in [0.1, 0.15) is 0 Å². The summed E-state index contributed by atoms with van der Waals surface area (Å²) in [5, 5.41) is 5.65.